The third-order valence-corrected chi connectivity index (χ3v) is 2.47. The Morgan fingerprint density at radius 1 is 1.62 bits per heavy atom. The van der Waals surface area contributed by atoms with Crippen molar-refractivity contribution < 1.29 is 21.3 Å². The number of alkyl halides is 2. The lowest BCUT2D eigenvalue weighted by Gasteiger charge is -2.26. The van der Waals surface area contributed by atoms with Crippen molar-refractivity contribution in [3.8, 4) is 0 Å². The Bertz CT molecular complexity index is 191. The summed E-state index contributed by atoms with van der Waals surface area (Å²) in [6.07, 6.45) is -1.25. The molecule has 1 aliphatic heterocycles. The van der Waals surface area contributed by atoms with Gasteiger partial charge in [0.15, 0.2) is 11.8 Å². The summed E-state index contributed by atoms with van der Waals surface area (Å²) < 4.78 is 41.3. The molecule has 0 saturated carbocycles. The van der Waals surface area contributed by atoms with Gasteiger partial charge in [-0.05, 0) is 6.92 Å². The summed E-state index contributed by atoms with van der Waals surface area (Å²) in [7, 11) is 1.32. The zero-order valence-corrected chi connectivity index (χ0v) is 9.51. The van der Waals surface area contributed by atoms with E-state index in [1.165, 1.54) is 37.0 Å². The third-order valence-electron chi connectivity index (χ3n) is 1.96. The highest BCUT2D eigenvalue weighted by Gasteiger charge is 2.59. The summed E-state index contributed by atoms with van der Waals surface area (Å²) in [5.41, 5.74) is -1.81. The monoisotopic (exact) mass is 308 g/mol. The maximum absolute atomic E-state index is 13.8. The van der Waals surface area contributed by atoms with Gasteiger partial charge in [0.05, 0.1) is 6.61 Å². The first-order valence-electron chi connectivity index (χ1n) is 3.74. The van der Waals surface area contributed by atoms with Gasteiger partial charge in [0.25, 0.3) is 5.85 Å². The van der Waals surface area contributed by atoms with E-state index in [4.69, 9.17) is 7.80 Å². The minimum atomic E-state index is -2.18. The molecule has 1 fully saturated rings. The quantitative estimate of drug-likeness (QED) is 0.744. The molecule has 0 unspecified atom stereocenters. The average Bonchev–Trinajstić information content (AvgIpc) is 2.23. The van der Waals surface area contributed by atoms with E-state index in [0.29, 0.717) is 0 Å². The Balaban J connectivity index is 2.78. The van der Waals surface area contributed by atoms with Crippen molar-refractivity contribution in [1.82, 2.24) is 0 Å². The van der Waals surface area contributed by atoms with E-state index in [2.05, 4.69) is 4.74 Å². The summed E-state index contributed by atoms with van der Waals surface area (Å²) in [4.78, 5) is 0. The second-order valence-electron chi connectivity index (χ2n) is 3.26. The van der Waals surface area contributed by atoms with Gasteiger partial charge >= 0.3 is 0 Å². The molecule has 1 heterocycles. The lowest BCUT2D eigenvalue weighted by Crippen LogP contribution is -2.46. The van der Waals surface area contributed by atoms with Crippen LogP contribution in [0.1, 0.15) is 6.92 Å². The molecular weight excluding hydrogens is 297 g/mol. The maximum atomic E-state index is 13.8. The third kappa shape index (κ3) is 2.11. The lowest BCUT2D eigenvalue weighted by atomic mass is 10.00. The van der Waals surface area contributed by atoms with E-state index in [9.17, 15) is 8.78 Å². The predicted octanol–water partition coefficient (Wildman–Crippen LogP) is 1.79. The van der Waals surface area contributed by atoms with Gasteiger partial charge in [0.2, 0.25) is 0 Å². The molecular formula is C7H11F2IO3. The largest absolute Gasteiger partial charge is 0.379 e. The van der Waals surface area contributed by atoms with Crippen molar-refractivity contribution in [3.05, 3.63) is 0 Å². The Morgan fingerprint density at radius 2 is 2.23 bits per heavy atom. The maximum Gasteiger partial charge on any atom is 0.263 e. The van der Waals surface area contributed by atoms with E-state index in [0.717, 1.165) is 0 Å². The van der Waals surface area contributed by atoms with E-state index in [1.807, 2.05) is 0 Å². The lowest BCUT2D eigenvalue weighted by molar-refractivity contribution is -0.175. The molecule has 0 N–H and O–H groups in total. The second kappa shape index (κ2) is 3.92. The van der Waals surface area contributed by atoms with Crippen molar-refractivity contribution in [1.29, 1.82) is 0 Å². The SMILES string of the molecule is COC[C@@]1(F)OC[C@](C)(F)[C@@H]1OI. The van der Waals surface area contributed by atoms with Crippen LogP contribution in [0.25, 0.3) is 0 Å². The minimum absolute atomic E-state index is 0.319. The Kier molecular flexibility index (Phi) is 3.48. The molecule has 1 aliphatic rings. The first kappa shape index (κ1) is 11.5. The Labute approximate surface area is 89.4 Å². The fraction of sp³-hybridized carbons (Fsp3) is 1.00. The molecule has 0 amide bonds. The van der Waals surface area contributed by atoms with Crippen LogP contribution in [-0.4, -0.2) is 38.0 Å². The molecule has 78 valence electrons. The van der Waals surface area contributed by atoms with Gasteiger partial charge in [-0.15, -0.1) is 0 Å². The number of methoxy groups -OCH3 is 1. The molecule has 0 aromatic rings. The van der Waals surface area contributed by atoms with E-state index < -0.39 is 17.6 Å². The molecule has 1 rings (SSSR count). The highest BCUT2D eigenvalue weighted by atomic mass is 127. The summed E-state index contributed by atoms with van der Waals surface area (Å²) in [6.45, 7) is 0.591. The molecule has 13 heavy (non-hydrogen) atoms. The van der Waals surface area contributed by atoms with Gasteiger partial charge in [-0.1, -0.05) is 0 Å². The highest BCUT2D eigenvalue weighted by molar-refractivity contribution is 14.1. The number of hydrogen-bond donors (Lipinski definition) is 0. The minimum Gasteiger partial charge on any atom is -0.379 e. The van der Waals surface area contributed by atoms with Crippen LogP contribution in [0.3, 0.4) is 0 Å². The molecule has 0 aliphatic carbocycles. The van der Waals surface area contributed by atoms with Crippen LogP contribution in [0.5, 0.6) is 0 Å². The molecule has 0 aromatic heterocycles. The van der Waals surface area contributed by atoms with Crippen molar-refractivity contribution >= 4 is 23.0 Å². The van der Waals surface area contributed by atoms with Crippen LogP contribution in [0.2, 0.25) is 0 Å². The van der Waals surface area contributed by atoms with Crippen LogP contribution in [0.15, 0.2) is 0 Å². The molecule has 6 heteroatoms. The predicted molar refractivity (Wildman–Crippen MR) is 50.1 cm³/mol. The highest BCUT2D eigenvalue weighted by Crippen LogP contribution is 2.40. The normalized spacial score (nSPS) is 45.5. The smallest absolute Gasteiger partial charge is 0.263 e. The van der Waals surface area contributed by atoms with Crippen molar-refractivity contribution in [2.45, 2.75) is 24.6 Å². The molecule has 0 spiro atoms. The van der Waals surface area contributed by atoms with Crippen LogP contribution in [0, 0.1) is 0 Å². The fourth-order valence-corrected chi connectivity index (χ4v) is 2.25. The fourth-order valence-electron chi connectivity index (χ4n) is 1.34. The zero-order chi connectivity index (χ0) is 10.1. The van der Waals surface area contributed by atoms with E-state index >= 15 is 0 Å². The molecule has 1 saturated heterocycles. The molecule has 0 bridgehead atoms. The Hall–Kier alpha value is 0.470. The van der Waals surface area contributed by atoms with Gasteiger partial charge in [0.1, 0.15) is 29.6 Å². The molecule has 3 atom stereocenters. The number of hydrogen-bond acceptors (Lipinski definition) is 3. The molecule has 3 nitrogen and oxygen atoms in total. The summed E-state index contributed by atoms with van der Waals surface area (Å²) in [5, 5.41) is 0. The Morgan fingerprint density at radius 3 is 2.69 bits per heavy atom. The van der Waals surface area contributed by atoms with Crippen LogP contribution >= 0.6 is 23.0 Å². The number of halogens is 3. The zero-order valence-electron chi connectivity index (χ0n) is 7.35. The van der Waals surface area contributed by atoms with Gasteiger partial charge in [-0.2, -0.15) is 0 Å². The van der Waals surface area contributed by atoms with Crippen LogP contribution in [0.4, 0.5) is 8.78 Å². The van der Waals surface area contributed by atoms with E-state index in [1.54, 1.807) is 0 Å². The van der Waals surface area contributed by atoms with Crippen LogP contribution < -0.4 is 0 Å². The molecule has 0 radical (unpaired) electrons. The molecule has 0 aromatic carbocycles. The first-order valence-corrected chi connectivity index (χ1v) is 4.62. The van der Waals surface area contributed by atoms with Gasteiger partial charge in [0, 0.05) is 7.11 Å². The van der Waals surface area contributed by atoms with Gasteiger partial charge in [-0.3, -0.25) is 0 Å². The first-order chi connectivity index (χ1) is 5.96. The summed E-state index contributed by atoms with van der Waals surface area (Å²) >= 11 is 1.46. The van der Waals surface area contributed by atoms with Gasteiger partial charge < -0.3 is 12.5 Å². The average molecular weight is 308 g/mol. The summed E-state index contributed by atoms with van der Waals surface area (Å²) in [6, 6.07) is 0. The van der Waals surface area contributed by atoms with Gasteiger partial charge in [-0.25, -0.2) is 8.78 Å². The van der Waals surface area contributed by atoms with Crippen molar-refractivity contribution in [2.75, 3.05) is 20.3 Å². The summed E-state index contributed by atoms with van der Waals surface area (Å²) in [5.74, 6) is -2.18. The number of rotatable bonds is 3. The topological polar surface area (TPSA) is 27.7 Å². The van der Waals surface area contributed by atoms with Crippen molar-refractivity contribution in [3.63, 3.8) is 0 Å². The second-order valence-corrected chi connectivity index (χ2v) is 3.76. The van der Waals surface area contributed by atoms with E-state index in [-0.39, 0.29) is 13.2 Å². The van der Waals surface area contributed by atoms with Crippen molar-refractivity contribution in [2.24, 2.45) is 0 Å². The standard InChI is InChI=1S/C7H11F2IO3/c1-6(8)3-12-7(9,4-11-2)5(6)13-10/h5H,3-4H2,1-2H3/t5-,6-,7+/m0/s1. The van der Waals surface area contributed by atoms with Crippen LogP contribution in [-0.2, 0) is 12.5 Å². The number of ether oxygens (including phenoxy) is 2.